The summed E-state index contributed by atoms with van der Waals surface area (Å²) in [5, 5.41) is 6.93. The summed E-state index contributed by atoms with van der Waals surface area (Å²) in [6.07, 6.45) is 3.89. The average molecular weight is 487 g/mol. The number of guanidine groups is 1. The second-order valence-corrected chi connectivity index (χ2v) is 7.38. The van der Waals surface area contributed by atoms with Gasteiger partial charge in [0.05, 0.1) is 0 Å². The molecule has 27 heavy (non-hydrogen) atoms. The van der Waals surface area contributed by atoms with Gasteiger partial charge < -0.3 is 20.4 Å². The Balaban J connectivity index is 0.00000364. The van der Waals surface area contributed by atoms with Crippen LogP contribution in [0.15, 0.2) is 29.3 Å². The molecule has 0 radical (unpaired) electrons. The normalized spacial score (nSPS) is 15.9. The Hall–Kier alpha value is -1.02. The van der Waals surface area contributed by atoms with E-state index >= 15 is 0 Å². The number of piperidine rings is 1. The Kier molecular flexibility index (Phi) is 11.7. The van der Waals surface area contributed by atoms with Crippen LogP contribution in [0.1, 0.15) is 31.7 Å². The van der Waals surface area contributed by atoms with Gasteiger partial charge in [-0.1, -0.05) is 12.1 Å². The maximum Gasteiger partial charge on any atom is 0.191 e. The molecule has 1 heterocycles. The van der Waals surface area contributed by atoms with Gasteiger partial charge in [-0.2, -0.15) is 0 Å². The lowest BCUT2D eigenvalue weighted by molar-refractivity contribution is 0.213. The number of nitrogens with one attached hydrogen (secondary N) is 2. The summed E-state index contributed by atoms with van der Waals surface area (Å²) in [6.45, 7) is 10.7. The number of hydrogen-bond donors (Lipinski definition) is 2. The minimum atomic E-state index is 0. The molecule has 0 spiro atoms. The zero-order valence-electron chi connectivity index (χ0n) is 17.5. The molecule has 5 nitrogen and oxygen atoms in total. The number of hydrogen-bond acceptors (Lipinski definition) is 3. The van der Waals surface area contributed by atoms with Crippen LogP contribution in [0.4, 0.5) is 5.69 Å². The Labute approximate surface area is 183 Å². The van der Waals surface area contributed by atoms with E-state index in [0.29, 0.717) is 0 Å². The predicted molar refractivity (Wildman–Crippen MR) is 129 cm³/mol. The molecule has 0 atom stereocenters. The van der Waals surface area contributed by atoms with Gasteiger partial charge in [-0.05, 0) is 76.9 Å². The lowest BCUT2D eigenvalue weighted by atomic mass is 9.94. The number of likely N-dealkylation sites (N-methyl/N-ethyl adjacent to an activating group) is 1. The standard InChI is InChI=1S/C21H37N5.HI/c1-5-26(20-8-6-7-18(2)17-20)16-13-24-21(22-3)23-12-9-19-10-14-25(4)15-11-19;/h6-8,17,19H,5,9-16H2,1-4H3,(H2,22,23,24);1H. The third-order valence-electron chi connectivity index (χ3n) is 5.33. The molecule has 2 rings (SSSR count). The molecular weight excluding hydrogens is 449 g/mol. The van der Waals surface area contributed by atoms with E-state index in [0.717, 1.165) is 38.1 Å². The Morgan fingerprint density at radius 1 is 1.22 bits per heavy atom. The van der Waals surface area contributed by atoms with Crippen LogP contribution in [-0.2, 0) is 0 Å². The van der Waals surface area contributed by atoms with Crippen LogP contribution in [0.25, 0.3) is 0 Å². The number of rotatable bonds is 8. The number of nitrogens with zero attached hydrogens (tertiary/aromatic N) is 3. The zero-order chi connectivity index (χ0) is 18.8. The molecule has 0 unspecified atom stereocenters. The summed E-state index contributed by atoms with van der Waals surface area (Å²) < 4.78 is 0. The first kappa shape index (κ1) is 24.0. The van der Waals surface area contributed by atoms with Gasteiger partial charge in [-0.25, -0.2) is 0 Å². The Morgan fingerprint density at radius 3 is 2.56 bits per heavy atom. The van der Waals surface area contributed by atoms with Crippen LogP contribution >= 0.6 is 24.0 Å². The molecule has 1 saturated heterocycles. The molecule has 1 fully saturated rings. The molecule has 1 aliphatic heterocycles. The first-order valence-electron chi connectivity index (χ1n) is 10.1. The molecule has 0 aliphatic carbocycles. The van der Waals surface area contributed by atoms with Crippen LogP contribution in [0.2, 0.25) is 0 Å². The van der Waals surface area contributed by atoms with Crippen LogP contribution in [0, 0.1) is 12.8 Å². The second-order valence-electron chi connectivity index (χ2n) is 7.38. The predicted octanol–water partition coefficient (Wildman–Crippen LogP) is 3.34. The topological polar surface area (TPSA) is 42.9 Å². The maximum atomic E-state index is 4.36. The highest BCUT2D eigenvalue weighted by molar-refractivity contribution is 14.0. The molecule has 0 aromatic heterocycles. The molecular formula is C21H38IN5. The molecule has 0 bridgehead atoms. The van der Waals surface area contributed by atoms with Crippen molar-refractivity contribution in [2.24, 2.45) is 10.9 Å². The van der Waals surface area contributed by atoms with Crippen molar-refractivity contribution in [3.05, 3.63) is 29.8 Å². The summed E-state index contributed by atoms with van der Waals surface area (Å²) in [5.74, 6) is 1.77. The number of likely N-dealkylation sites (tertiary alicyclic amines) is 1. The highest BCUT2D eigenvalue weighted by atomic mass is 127. The number of benzene rings is 1. The molecule has 6 heteroatoms. The van der Waals surface area contributed by atoms with Crippen molar-refractivity contribution in [2.45, 2.75) is 33.1 Å². The molecule has 2 N–H and O–H groups in total. The van der Waals surface area contributed by atoms with E-state index in [4.69, 9.17) is 0 Å². The number of aliphatic imine (C=N–C) groups is 1. The second kappa shape index (κ2) is 13.2. The summed E-state index contributed by atoms with van der Waals surface area (Å²) in [7, 11) is 4.07. The fourth-order valence-corrected chi connectivity index (χ4v) is 3.57. The smallest absolute Gasteiger partial charge is 0.191 e. The summed E-state index contributed by atoms with van der Waals surface area (Å²) in [5.41, 5.74) is 2.60. The highest BCUT2D eigenvalue weighted by Gasteiger charge is 2.16. The van der Waals surface area contributed by atoms with E-state index in [1.165, 1.54) is 43.6 Å². The molecule has 1 aromatic rings. The summed E-state index contributed by atoms with van der Waals surface area (Å²) in [4.78, 5) is 9.18. The van der Waals surface area contributed by atoms with Gasteiger partial charge in [0.1, 0.15) is 0 Å². The zero-order valence-corrected chi connectivity index (χ0v) is 19.8. The number of anilines is 1. The Morgan fingerprint density at radius 2 is 1.93 bits per heavy atom. The summed E-state index contributed by atoms with van der Waals surface area (Å²) in [6, 6.07) is 8.71. The van der Waals surface area contributed by atoms with Gasteiger partial charge in [0, 0.05) is 38.9 Å². The van der Waals surface area contributed by atoms with Gasteiger partial charge in [0.25, 0.3) is 0 Å². The van der Waals surface area contributed by atoms with Crippen LogP contribution in [0.3, 0.4) is 0 Å². The number of aryl methyl sites for hydroxylation is 1. The van der Waals surface area contributed by atoms with E-state index in [-0.39, 0.29) is 24.0 Å². The fraction of sp³-hybridized carbons (Fsp3) is 0.667. The molecule has 1 aliphatic rings. The van der Waals surface area contributed by atoms with Crippen molar-refractivity contribution in [1.82, 2.24) is 15.5 Å². The Bertz CT molecular complexity index is 555. The first-order valence-corrected chi connectivity index (χ1v) is 10.1. The van der Waals surface area contributed by atoms with Crippen LogP contribution in [0.5, 0.6) is 0 Å². The third-order valence-corrected chi connectivity index (χ3v) is 5.33. The quantitative estimate of drug-likeness (QED) is 0.336. The average Bonchev–Trinajstić information content (AvgIpc) is 2.65. The van der Waals surface area contributed by atoms with E-state index in [1.54, 1.807) is 0 Å². The van der Waals surface area contributed by atoms with E-state index < -0.39 is 0 Å². The van der Waals surface area contributed by atoms with Crippen LogP contribution < -0.4 is 15.5 Å². The van der Waals surface area contributed by atoms with E-state index in [9.17, 15) is 0 Å². The third kappa shape index (κ3) is 8.68. The van der Waals surface area contributed by atoms with Gasteiger partial charge in [0.15, 0.2) is 5.96 Å². The van der Waals surface area contributed by atoms with Crippen molar-refractivity contribution in [2.75, 3.05) is 58.3 Å². The van der Waals surface area contributed by atoms with Crippen molar-refractivity contribution in [1.29, 1.82) is 0 Å². The monoisotopic (exact) mass is 487 g/mol. The van der Waals surface area contributed by atoms with Gasteiger partial charge in [0.2, 0.25) is 0 Å². The molecule has 154 valence electrons. The minimum Gasteiger partial charge on any atom is -0.370 e. The maximum absolute atomic E-state index is 4.36. The van der Waals surface area contributed by atoms with Gasteiger partial charge in [-0.15, -0.1) is 24.0 Å². The fourth-order valence-electron chi connectivity index (χ4n) is 3.57. The molecule has 0 saturated carbocycles. The molecule has 0 amide bonds. The summed E-state index contributed by atoms with van der Waals surface area (Å²) >= 11 is 0. The largest absolute Gasteiger partial charge is 0.370 e. The van der Waals surface area contributed by atoms with Crippen molar-refractivity contribution in [3.63, 3.8) is 0 Å². The van der Waals surface area contributed by atoms with Crippen molar-refractivity contribution in [3.8, 4) is 0 Å². The lowest BCUT2D eigenvalue weighted by Gasteiger charge is -2.29. The highest BCUT2D eigenvalue weighted by Crippen LogP contribution is 2.18. The minimum absolute atomic E-state index is 0. The van der Waals surface area contributed by atoms with Crippen molar-refractivity contribution < 1.29 is 0 Å². The number of halogens is 1. The van der Waals surface area contributed by atoms with E-state index in [2.05, 4.69) is 70.6 Å². The van der Waals surface area contributed by atoms with Crippen molar-refractivity contribution >= 4 is 35.6 Å². The van der Waals surface area contributed by atoms with Crippen LogP contribution in [-0.4, -0.2) is 64.2 Å². The first-order chi connectivity index (χ1) is 12.6. The van der Waals surface area contributed by atoms with E-state index in [1.807, 2.05) is 7.05 Å². The SMILES string of the molecule is CCN(CCNC(=NC)NCCC1CCN(C)CC1)c1cccc(C)c1.I. The van der Waals surface area contributed by atoms with Gasteiger partial charge in [-0.3, -0.25) is 4.99 Å². The molecule has 1 aromatic carbocycles. The lowest BCUT2D eigenvalue weighted by Crippen LogP contribution is -2.42. The van der Waals surface area contributed by atoms with Gasteiger partial charge >= 0.3 is 0 Å².